The molecule has 0 unspecified atom stereocenters. The van der Waals surface area contributed by atoms with E-state index in [1.165, 1.54) is 0 Å². The minimum atomic E-state index is 0.707. The van der Waals surface area contributed by atoms with Gasteiger partial charge in [0.1, 0.15) is 0 Å². The number of pyridine rings is 1. The van der Waals surface area contributed by atoms with Crippen LogP contribution in [0.3, 0.4) is 0 Å². The van der Waals surface area contributed by atoms with Gasteiger partial charge in [-0.2, -0.15) is 0 Å². The first-order valence-electron chi connectivity index (χ1n) is 5.03. The van der Waals surface area contributed by atoms with Crippen LogP contribution in [-0.4, -0.2) is 14.5 Å². The second-order valence-corrected chi connectivity index (χ2v) is 3.83. The van der Waals surface area contributed by atoms with Gasteiger partial charge in [0, 0.05) is 30.2 Å². The van der Waals surface area contributed by atoms with E-state index >= 15 is 0 Å². The fourth-order valence-corrected chi connectivity index (χ4v) is 1.58. The zero-order valence-corrected chi connectivity index (χ0v) is 9.22. The molecule has 0 saturated heterocycles. The minimum absolute atomic E-state index is 0.707. The minimum Gasteiger partial charge on any atom is -0.398 e. The normalized spacial score (nSPS) is 10.3. The van der Waals surface area contributed by atoms with Gasteiger partial charge in [0.05, 0.1) is 18.2 Å². The summed E-state index contributed by atoms with van der Waals surface area (Å²) in [4.78, 5) is 8.21. The molecule has 2 N–H and O–H groups in total. The van der Waals surface area contributed by atoms with Crippen molar-refractivity contribution in [1.29, 1.82) is 0 Å². The molecule has 0 aromatic carbocycles. The van der Waals surface area contributed by atoms with Crippen LogP contribution in [0.1, 0.15) is 6.92 Å². The van der Waals surface area contributed by atoms with E-state index in [2.05, 4.69) is 16.5 Å². The fourth-order valence-electron chi connectivity index (χ4n) is 1.58. The summed E-state index contributed by atoms with van der Waals surface area (Å²) >= 11 is 0. The smallest absolute Gasteiger partial charge is 0.0954 e. The van der Waals surface area contributed by atoms with Crippen LogP contribution in [-0.2, 0) is 6.54 Å². The Morgan fingerprint density at radius 1 is 1.44 bits per heavy atom. The molecule has 0 fully saturated rings. The molecule has 0 aliphatic rings. The van der Waals surface area contributed by atoms with Crippen molar-refractivity contribution >= 4 is 5.69 Å². The number of rotatable bonds is 3. The first-order valence-corrected chi connectivity index (χ1v) is 5.03. The molecule has 0 amide bonds. The molecule has 0 aliphatic carbocycles. The molecule has 4 nitrogen and oxygen atoms in total. The van der Waals surface area contributed by atoms with Crippen LogP contribution in [0.4, 0.5) is 5.69 Å². The third-order valence-corrected chi connectivity index (χ3v) is 2.28. The zero-order valence-electron chi connectivity index (χ0n) is 9.22. The lowest BCUT2D eigenvalue weighted by atomic mass is 10.2. The van der Waals surface area contributed by atoms with Gasteiger partial charge in [-0.15, -0.1) is 0 Å². The molecule has 0 aliphatic heterocycles. The van der Waals surface area contributed by atoms with E-state index in [9.17, 15) is 0 Å². The third kappa shape index (κ3) is 1.95. The molecule has 0 bridgehead atoms. The highest BCUT2D eigenvalue weighted by Gasteiger charge is 2.08. The molecule has 16 heavy (non-hydrogen) atoms. The number of hydrogen-bond acceptors (Lipinski definition) is 3. The predicted molar refractivity (Wildman–Crippen MR) is 64.7 cm³/mol. The number of nitrogen functional groups attached to an aromatic ring is 1. The summed E-state index contributed by atoms with van der Waals surface area (Å²) in [5.74, 6) is 0. The van der Waals surface area contributed by atoms with Crippen molar-refractivity contribution in [2.45, 2.75) is 13.5 Å². The van der Waals surface area contributed by atoms with Crippen molar-refractivity contribution in [1.82, 2.24) is 14.5 Å². The molecule has 4 heteroatoms. The van der Waals surface area contributed by atoms with Gasteiger partial charge >= 0.3 is 0 Å². The van der Waals surface area contributed by atoms with Crippen molar-refractivity contribution in [3.8, 4) is 11.3 Å². The highest BCUT2D eigenvalue weighted by Crippen LogP contribution is 2.24. The number of nitrogens with two attached hydrogens (primary N) is 1. The van der Waals surface area contributed by atoms with Gasteiger partial charge in [0.25, 0.3) is 0 Å². The maximum absolute atomic E-state index is 5.91. The summed E-state index contributed by atoms with van der Waals surface area (Å²) in [6, 6.07) is 1.79. The second kappa shape index (κ2) is 4.18. The van der Waals surface area contributed by atoms with E-state index < -0.39 is 0 Å². The van der Waals surface area contributed by atoms with Gasteiger partial charge in [0.15, 0.2) is 0 Å². The predicted octanol–water partition coefficient (Wildman–Crippen LogP) is 2.10. The highest BCUT2D eigenvalue weighted by atomic mass is 15.0. The average Bonchev–Trinajstić information content (AvgIpc) is 2.66. The lowest BCUT2D eigenvalue weighted by Gasteiger charge is -2.09. The Labute approximate surface area is 94.5 Å². The van der Waals surface area contributed by atoms with E-state index in [1.54, 1.807) is 31.0 Å². The van der Waals surface area contributed by atoms with Gasteiger partial charge in [-0.25, -0.2) is 4.98 Å². The molecule has 2 aromatic heterocycles. The Hall–Kier alpha value is -2.10. The molecule has 0 radical (unpaired) electrons. The van der Waals surface area contributed by atoms with Crippen molar-refractivity contribution in [3.63, 3.8) is 0 Å². The maximum Gasteiger partial charge on any atom is 0.0954 e. The Kier molecular flexibility index (Phi) is 2.72. The number of anilines is 1. The number of nitrogens with zero attached hydrogens (tertiary/aromatic N) is 3. The highest BCUT2D eigenvalue weighted by molar-refractivity contribution is 5.72. The van der Waals surface area contributed by atoms with Crippen LogP contribution >= 0.6 is 0 Å². The lowest BCUT2D eigenvalue weighted by molar-refractivity contribution is 0.792. The van der Waals surface area contributed by atoms with Crippen molar-refractivity contribution in [3.05, 3.63) is 43.1 Å². The van der Waals surface area contributed by atoms with Gasteiger partial charge in [-0.05, 0) is 13.0 Å². The summed E-state index contributed by atoms with van der Waals surface area (Å²) in [7, 11) is 0. The van der Waals surface area contributed by atoms with Gasteiger partial charge in [-0.3, -0.25) is 4.98 Å². The van der Waals surface area contributed by atoms with Crippen molar-refractivity contribution < 1.29 is 0 Å². The zero-order chi connectivity index (χ0) is 11.5. The fraction of sp³-hybridized carbons (Fsp3) is 0.167. The number of imidazole rings is 1. The second-order valence-electron chi connectivity index (χ2n) is 3.83. The summed E-state index contributed by atoms with van der Waals surface area (Å²) in [6.07, 6.45) is 6.99. The molecule has 82 valence electrons. The third-order valence-electron chi connectivity index (χ3n) is 2.28. The van der Waals surface area contributed by atoms with Crippen LogP contribution in [0, 0.1) is 0 Å². The molecule has 2 heterocycles. The molecule has 2 rings (SSSR count). The summed E-state index contributed by atoms with van der Waals surface area (Å²) in [6.45, 7) is 6.61. The summed E-state index contributed by atoms with van der Waals surface area (Å²) < 4.78 is 2.01. The largest absolute Gasteiger partial charge is 0.398 e. The topological polar surface area (TPSA) is 56.7 Å². The van der Waals surface area contributed by atoms with Gasteiger partial charge < -0.3 is 10.3 Å². The van der Waals surface area contributed by atoms with Crippen LogP contribution in [0.15, 0.2) is 43.1 Å². The number of aromatic nitrogens is 3. The maximum atomic E-state index is 5.91. The van der Waals surface area contributed by atoms with E-state index in [0.29, 0.717) is 5.69 Å². The quantitative estimate of drug-likeness (QED) is 0.796. The molecular weight excluding hydrogens is 200 g/mol. The van der Waals surface area contributed by atoms with Crippen molar-refractivity contribution in [2.24, 2.45) is 0 Å². The number of hydrogen-bond donors (Lipinski definition) is 1. The van der Waals surface area contributed by atoms with Gasteiger partial charge in [-0.1, -0.05) is 12.2 Å². The van der Waals surface area contributed by atoms with E-state index in [4.69, 9.17) is 5.73 Å². The molecule has 2 aromatic rings. The molecule has 0 atom stereocenters. The number of allylic oxidation sites excluding steroid dienone is 1. The summed E-state index contributed by atoms with van der Waals surface area (Å²) in [5, 5.41) is 0. The Morgan fingerprint density at radius 3 is 2.94 bits per heavy atom. The van der Waals surface area contributed by atoms with E-state index in [-0.39, 0.29) is 0 Å². The monoisotopic (exact) mass is 214 g/mol. The first-order chi connectivity index (χ1) is 7.68. The van der Waals surface area contributed by atoms with Crippen LogP contribution < -0.4 is 5.73 Å². The summed E-state index contributed by atoms with van der Waals surface area (Å²) in [5.41, 5.74) is 9.56. The Balaban J connectivity index is 2.45. The Morgan fingerprint density at radius 2 is 2.25 bits per heavy atom. The van der Waals surface area contributed by atoms with E-state index in [0.717, 1.165) is 23.4 Å². The van der Waals surface area contributed by atoms with Crippen LogP contribution in [0.5, 0.6) is 0 Å². The Bertz CT molecular complexity index is 513. The molecular formula is C12H14N4. The van der Waals surface area contributed by atoms with E-state index in [1.807, 2.05) is 11.5 Å². The SMILES string of the molecule is C=C(C)Cn1cncc1-c1cnccc1N. The standard InChI is InChI=1S/C12H14N4/c1-9(2)7-16-8-15-6-12(16)10-5-14-4-3-11(10)13/h3-6,8H,1,7H2,2H3,(H2,13,14). The molecule has 0 saturated carbocycles. The van der Waals surface area contributed by atoms with Crippen LogP contribution in [0.2, 0.25) is 0 Å². The van der Waals surface area contributed by atoms with Gasteiger partial charge in [0.2, 0.25) is 0 Å². The first kappa shape index (κ1) is 10.4. The van der Waals surface area contributed by atoms with Crippen LogP contribution in [0.25, 0.3) is 11.3 Å². The lowest BCUT2D eigenvalue weighted by Crippen LogP contribution is -2.01. The molecule has 0 spiro atoms. The average molecular weight is 214 g/mol. The van der Waals surface area contributed by atoms with Crippen molar-refractivity contribution in [2.75, 3.05) is 5.73 Å².